The maximum atomic E-state index is 4.81. The lowest BCUT2D eigenvalue weighted by Gasteiger charge is -2.32. The minimum absolute atomic E-state index is 0.822. The number of nitrogens with zero attached hydrogens (tertiary/aromatic N) is 3. The van der Waals surface area contributed by atoms with E-state index in [1.54, 1.807) is 0 Å². The molecule has 1 fully saturated rings. The fraction of sp³-hybridized carbons (Fsp3) is 0.588. The molecule has 1 saturated heterocycles. The third-order valence-electron chi connectivity index (χ3n) is 4.52. The lowest BCUT2D eigenvalue weighted by Crippen LogP contribution is -2.38. The molecule has 1 aliphatic heterocycles. The van der Waals surface area contributed by atoms with E-state index in [1.807, 2.05) is 0 Å². The van der Waals surface area contributed by atoms with E-state index in [2.05, 4.69) is 53.0 Å². The molecule has 4 nitrogen and oxygen atoms in total. The maximum absolute atomic E-state index is 4.81. The van der Waals surface area contributed by atoms with Crippen molar-refractivity contribution in [2.75, 3.05) is 31.1 Å². The van der Waals surface area contributed by atoms with Gasteiger partial charge in [0, 0.05) is 20.1 Å². The molecule has 0 saturated carbocycles. The number of rotatable bonds is 5. The first-order valence-corrected chi connectivity index (χ1v) is 8.16. The van der Waals surface area contributed by atoms with Gasteiger partial charge in [-0.05, 0) is 50.4 Å². The number of fused-ring (bicyclic) bond motifs is 1. The molecular weight excluding hydrogens is 260 g/mol. The Morgan fingerprint density at radius 2 is 2.00 bits per heavy atom. The van der Waals surface area contributed by atoms with Gasteiger partial charge in [0.25, 0.3) is 0 Å². The van der Waals surface area contributed by atoms with Crippen LogP contribution in [0.1, 0.15) is 26.2 Å². The number of benzene rings is 1. The van der Waals surface area contributed by atoms with Crippen molar-refractivity contribution in [3.8, 4) is 0 Å². The molecule has 0 bridgehead atoms. The Labute approximate surface area is 127 Å². The molecule has 1 N–H and O–H groups in total. The van der Waals surface area contributed by atoms with Crippen molar-refractivity contribution in [3.05, 3.63) is 24.3 Å². The molecule has 1 aromatic carbocycles. The SMILES string of the molecule is CCCNCC1CCN(c2nc3ccccc3n2C)CC1. The predicted molar refractivity (Wildman–Crippen MR) is 88.8 cm³/mol. The Kier molecular flexibility index (Phi) is 4.44. The molecular formula is C17H26N4. The summed E-state index contributed by atoms with van der Waals surface area (Å²) >= 11 is 0. The van der Waals surface area contributed by atoms with E-state index in [0.717, 1.165) is 37.0 Å². The monoisotopic (exact) mass is 286 g/mol. The van der Waals surface area contributed by atoms with E-state index in [0.29, 0.717) is 0 Å². The largest absolute Gasteiger partial charge is 0.342 e. The molecule has 0 unspecified atom stereocenters. The summed E-state index contributed by atoms with van der Waals surface area (Å²) in [6, 6.07) is 8.39. The summed E-state index contributed by atoms with van der Waals surface area (Å²) in [5, 5.41) is 3.55. The first-order valence-electron chi connectivity index (χ1n) is 8.16. The van der Waals surface area contributed by atoms with Crippen LogP contribution in [0, 0.1) is 5.92 Å². The number of imidazole rings is 1. The minimum atomic E-state index is 0.822. The third kappa shape index (κ3) is 3.05. The van der Waals surface area contributed by atoms with Crippen LogP contribution in [-0.2, 0) is 7.05 Å². The van der Waals surface area contributed by atoms with Crippen LogP contribution in [-0.4, -0.2) is 35.7 Å². The van der Waals surface area contributed by atoms with Crippen molar-refractivity contribution in [3.63, 3.8) is 0 Å². The number of hydrogen-bond acceptors (Lipinski definition) is 3. The Balaban J connectivity index is 1.64. The molecule has 21 heavy (non-hydrogen) atoms. The Bertz CT molecular complexity index is 581. The van der Waals surface area contributed by atoms with Gasteiger partial charge in [0.1, 0.15) is 0 Å². The zero-order chi connectivity index (χ0) is 14.7. The standard InChI is InChI=1S/C17H26N4/c1-3-10-18-13-14-8-11-21(12-9-14)17-19-15-6-4-5-7-16(15)20(17)2/h4-7,14,18H,3,8-13H2,1-2H3. The molecule has 114 valence electrons. The van der Waals surface area contributed by atoms with E-state index in [9.17, 15) is 0 Å². The summed E-state index contributed by atoms with van der Waals surface area (Å²) in [6.45, 7) is 6.78. The predicted octanol–water partition coefficient (Wildman–Crippen LogP) is 2.79. The molecule has 0 aliphatic carbocycles. The summed E-state index contributed by atoms with van der Waals surface area (Å²) in [7, 11) is 2.12. The van der Waals surface area contributed by atoms with Gasteiger partial charge >= 0.3 is 0 Å². The van der Waals surface area contributed by atoms with Crippen molar-refractivity contribution < 1.29 is 0 Å². The number of anilines is 1. The van der Waals surface area contributed by atoms with Gasteiger partial charge in [0.05, 0.1) is 11.0 Å². The number of nitrogens with one attached hydrogen (secondary N) is 1. The molecule has 2 aromatic rings. The normalized spacial score (nSPS) is 16.8. The first kappa shape index (κ1) is 14.4. The molecule has 4 heteroatoms. The quantitative estimate of drug-likeness (QED) is 0.858. The molecule has 0 atom stereocenters. The van der Waals surface area contributed by atoms with Gasteiger partial charge in [-0.3, -0.25) is 0 Å². The molecule has 0 spiro atoms. The van der Waals surface area contributed by atoms with Crippen molar-refractivity contribution in [2.45, 2.75) is 26.2 Å². The highest BCUT2D eigenvalue weighted by atomic mass is 15.3. The number of aryl methyl sites for hydroxylation is 1. The number of para-hydroxylation sites is 2. The minimum Gasteiger partial charge on any atom is -0.342 e. The van der Waals surface area contributed by atoms with E-state index >= 15 is 0 Å². The topological polar surface area (TPSA) is 33.1 Å². The van der Waals surface area contributed by atoms with E-state index < -0.39 is 0 Å². The van der Waals surface area contributed by atoms with Crippen LogP contribution in [0.2, 0.25) is 0 Å². The van der Waals surface area contributed by atoms with Crippen LogP contribution in [0.5, 0.6) is 0 Å². The fourth-order valence-corrected chi connectivity index (χ4v) is 3.24. The van der Waals surface area contributed by atoms with Crippen molar-refractivity contribution in [2.24, 2.45) is 13.0 Å². The van der Waals surface area contributed by atoms with E-state index in [1.165, 1.54) is 31.3 Å². The van der Waals surface area contributed by atoms with Gasteiger partial charge in [-0.25, -0.2) is 4.98 Å². The summed E-state index contributed by atoms with van der Waals surface area (Å²) in [5.41, 5.74) is 2.32. The molecule has 1 aromatic heterocycles. The van der Waals surface area contributed by atoms with Crippen molar-refractivity contribution >= 4 is 17.0 Å². The van der Waals surface area contributed by atoms with Gasteiger partial charge in [-0.1, -0.05) is 19.1 Å². The first-order chi connectivity index (χ1) is 10.3. The summed E-state index contributed by atoms with van der Waals surface area (Å²) < 4.78 is 2.23. The van der Waals surface area contributed by atoms with Crippen LogP contribution < -0.4 is 10.2 Å². The van der Waals surface area contributed by atoms with Crippen molar-refractivity contribution in [1.29, 1.82) is 0 Å². The molecule has 0 amide bonds. The summed E-state index contributed by atoms with van der Waals surface area (Å²) in [6.07, 6.45) is 3.75. The Morgan fingerprint density at radius 1 is 1.24 bits per heavy atom. The third-order valence-corrected chi connectivity index (χ3v) is 4.52. The number of piperidine rings is 1. The number of aromatic nitrogens is 2. The van der Waals surface area contributed by atoms with Crippen molar-refractivity contribution in [1.82, 2.24) is 14.9 Å². The van der Waals surface area contributed by atoms with Crippen LogP contribution >= 0.6 is 0 Å². The van der Waals surface area contributed by atoms with Crippen LogP contribution in [0.25, 0.3) is 11.0 Å². The Hall–Kier alpha value is -1.55. The lowest BCUT2D eigenvalue weighted by atomic mass is 9.97. The van der Waals surface area contributed by atoms with E-state index in [4.69, 9.17) is 4.98 Å². The zero-order valence-electron chi connectivity index (χ0n) is 13.2. The maximum Gasteiger partial charge on any atom is 0.206 e. The van der Waals surface area contributed by atoms with Crippen LogP contribution in [0.15, 0.2) is 24.3 Å². The summed E-state index contributed by atoms with van der Waals surface area (Å²) in [5.74, 6) is 1.94. The molecule has 3 rings (SSSR count). The van der Waals surface area contributed by atoms with Gasteiger partial charge in [-0.15, -0.1) is 0 Å². The fourth-order valence-electron chi connectivity index (χ4n) is 3.24. The van der Waals surface area contributed by atoms with Gasteiger partial charge in [0.15, 0.2) is 0 Å². The lowest BCUT2D eigenvalue weighted by molar-refractivity contribution is 0.380. The van der Waals surface area contributed by atoms with Crippen LogP contribution in [0.3, 0.4) is 0 Å². The summed E-state index contributed by atoms with van der Waals surface area (Å²) in [4.78, 5) is 7.25. The second kappa shape index (κ2) is 6.48. The highest BCUT2D eigenvalue weighted by molar-refractivity contribution is 5.78. The average molecular weight is 286 g/mol. The van der Waals surface area contributed by atoms with Crippen LogP contribution in [0.4, 0.5) is 5.95 Å². The average Bonchev–Trinajstić information content (AvgIpc) is 2.86. The second-order valence-corrected chi connectivity index (χ2v) is 6.09. The Morgan fingerprint density at radius 3 is 2.71 bits per heavy atom. The zero-order valence-corrected chi connectivity index (χ0v) is 13.2. The molecule has 2 heterocycles. The highest BCUT2D eigenvalue weighted by Crippen LogP contribution is 2.25. The smallest absolute Gasteiger partial charge is 0.206 e. The molecule has 0 radical (unpaired) electrons. The number of hydrogen-bond donors (Lipinski definition) is 1. The van der Waals surface area contributed by atoms with Gasteiger partial charge in [0.2, 0.25) is 5.95 Å². The highest BCUT2D eigenvalue weighted by Gasteiger charge is 2.22. The van der Waals surface area contributed by atoms with Gasteiger partial charge < -0.3 is 14.8 Å². The second-order valence-electron chi connectivity index (χ2n) is 6.09. The molecule has 1 aliphatic rings. The van der Waals surface area contributed by atoms with Gasteiger partial charge in [-0.2, -0.15) is 0 Å². The van der Waals surface area contributed by atoms with E-state index in [-0.39, 0.29) is 0 Å².